The molecule has 0 aliphatic heterocycles. The van der Waals surface area contributed by atoms with E-state index in [0.29, 0.717) is 12.5 Å². The maximum absolute atomic E-state index is 5.70. The van der Waals surface area contributed by atoms with E-state index < -0.39 is 0 Å². The van der Waals surface area contributed by atoms with Crippen LogP contribution in [0.2, 0.25) is 0 Å². The first kappa shape index (κ1) is 11.0. The summed E-state index contributed by atoms with van der Waals surface area (Å²) >= 11 is 0. The molecule has 0 spiro atoms. The summed E-state index contributed by atoms with van der Waals surface area (Å²) in [5.41, 5.74) is 8.18. The van der Waals surface area contributed by atoms with Gasteiger partial charge in [-0.2, -0.15) is 0 Å². The highest BCUT2D eigenvalue weighted by atomic mass is 16.5. The average Bonchev–Trinajstić information content (AvgIpc) is 2.70. The Morgan fingerprint density at radius 3 is 2.22 bits per heavy atom. The number of hydrogen-bond acceptors (Lipinski definition) is 3. The van der Waals surface area contributed by atoms with Crippen LogP contribution in [0.15, 0.2) is 4.52 Å². The molecule has 1 aromatic rings. The van der Waals surface area contributed by atoms with E-state index in [2.05, 4.69) is 12.1 Å². The SMILES string of the molecule is Cc1c(C2C3CC4CC(C3)CC2C4)noc1CN. The lowest BCUT2D eigenvalue weighted by Crippen LogP contribution is -2.44. The van der Waals surface area contributed by atoms with Crippen molar-refractivity contribution in [1.82, 2.24) is 5.16 Å². The zero-order valence-corrected chi connectivity index (χ0v) is 11.1. The van der Waals surface area contributed by atoms with Crippen molar-refractivity contribution in [2.45, 2.75) is 51.5 Å². The lowest BCUT2D eigenvalue weighted by Gasteiger charge is -2.54. The molecule has 5 rings (SSSR count). The molecule has 3 nitrogen and oxygen atoms in total. The number of rotatable bonds is 2. The Kier molecular flexibility index (Phi) is 2.35. The van der Waals surface area contributed by atoms with E-state index in [0.717, 1.165) is 29.4 Å². The standard InChI is InChI=1S/C15H22N2O/c1-8-13(7-16)18-17-15(8)14-11-3-9-2-10(5-11)6-12(14)4-9/h9-12,14H,2-7,16H2,1H3. The summed E-state index contributed by atoms with van der Waals surface area (Å²) in [5, 5.41) is 4.38. The molecule has 0 atom stereocenters. The quantitative estimate of drug-likeness (QED) is 0.872. The molecule has 98 valence electrons. The first-order chi connectivity index (χ1) is 8.76. The Labute approximate surface area is 108 Å². The van der Waals surface area contributed by atoms with Crippen molar-refractivity contribution in [3.05, 3.63) is 17.0 Å². The summed E-state index contributed by atoms with van der Waals surface area (Å²) in [5.74, 6) is 5.34. The predicted molar refractivity (Wildman–Crippen MR) is 68.9 cm³/mol. The highest BCUT2D eigenvalue weighted by Crippen LogP contribution is 2.59. The van der Waals surface area contributed by atoms with Crippen LogP contribution in [0.3, 0.4) is 0 Å². The van der Waals surface area contributed by atoms with Crippen LogP contribution in [0.5, 0.6) is 0 Å². The van der Waals surface area contributed by atoms with E-state index in [4.69, 9.17) is 10.3 Å². The van der Waals surface area contributed by atoms with Crippen molar-refractivity contribution in [2.75, 3.05) is 0 Å². The van der Waals surface area contributed by atoms with Gasteiger partial charge in [-0.05, 0) is 62.7 Å². The Balaban J connectivity index is 1.70. The van der Waals surface area contributed by atoms with Crippen molar-refractivity contribution in [3.63, 3.8) is 0 Å². The minimum Gasteiger partial charge on any atom is -0.359 e. The summed E-state index contributed by atoms with van der Waals surface area (Å²) in [6.45, 7) is 2.62. The van der Waals surface area contributed by atoms with Gasteiger partial charge < -0.3 is 10.3 Å². The number of aromatic nitrogens is 1. The maximum Gasteiger partial charge on any atom is 0.153 e. The monoisotopic (exact) mass is 246 g/mol. The molecule has 0 radical (unpaired) electrons. The molecule has 4 aliphatic rings. The Bertz CT molecular complexity index is 437. The summed E-state index contributed by atoms with van der Waals surface area (Å²) < 4.78 is 5.43. The molecule has 2 N–H and O–H groups in total. The largest absolute Gasteiger partial charge is 0.359 e. The van der Waals surface area contributed by atoms with Crippen LogP contribution >= 0.6 is 0 Å². The van der Waals surface area contributed by atoms with Gasteiger partial charge in [0.05, 0.1) is 12.2 Å². The zero-order chi connectivity index (χ0) is 12.3. The smallest absolute Gasteiger partial charge is 0.153 e. The molecule has 0 unspecified atom stereocenters. The molecule has 1 heterocycles. The molecule has 1 aromatic heterocycles. The molecule has 18 heavy (non-hydrogen) atoms. The average molecular weight is 246 g/mol. The van der Waals surface area contributed by atoms with Crippen LogP contribution in [0.1, 0.15) is 55.0 Å². The van der Waals surface area contributed by atoms with Crippen LogP contribution < -0.4 is 5.73 Å². The van der Waals surface area contributed by atoms with Gasteiger partial charge in [-0.15, -0.1) is 0 Å². The van der Waals surface area contributed by atoms with Crippen LogP contribution in [0.25, 0.3) is 0 Å². The summed E-state index contributed by atoms with van der Waals surface area (Å²) in [6, 6.07) is 0. The third-order valence-corrected chi connectivity index (χ3v) is 5.78. The molecule has 4 saturated carbocycles. The highest BCUT2D eigenvalue weighted by Gasteiger charge is 2.50. The molecule has 0 saturated heterocycles. The van der Waals surface area contributed by atoms with Gasteiger partial charge in [0, 0.05) is 11.5 Å². The second kappa shape index (κ2) is 3.83. The molecule has 0 aromatic carbocycles. The van der Waals surface area contributed by atoms with E-state index in [1.165, 1.54) is 43.4 Å². The molecule has 4 aliphatic carbocycles. The minimum absolute atomic E-state index is 0.478. The fourth-order valence-electron chi connectivity index (χ4n) is 5.26. The lowest BCUT2D eigenvalue weighted by molar-refractivity contribution is -0.00523. The third-order valence-electron chi connectivity index (χ3n) is 5.78. The van der Waals surface area contributed by atoms with Crippen LogP contribution in [0.4, 0.5) is 0 Å². The van der Waals surface area contributed by atoms with Crippen LogP contribution in [-0.2, 0) is 6.54 Å². The first-order valence-corrected chi connectivity index (χ1v) is 7.41. The highest BCUT2D eigenvalue weighted by molar-refractivity contribution is 5.27. The van der Waals surface area contributed by atoms with Gasteiger partial charge >= 0.3 is 0 Å². The Hall–Kier alpha value is -0.830. The second-order valence-electron chi connectivity index (χ2n) is 6.78. The molecule has 0 amide bonds. The zero-order valence-electron chi connectivity index (χ0n) is 11.1. The third kappa shape index (κ3) is 1.43. The van der Waals surface area contributed by atoms with Crippen molar-refractivity contribution < 1.29 is 4.52 Å². The van der Waals surface area contributed by atoms with Gasteiger partial charge in [-0.1, -0.05) is 5.16 Å². The van der Waals surface area contributed by atoms with E-state index in [1.807, 2.05) is 0 Å². The van der Waals surface area contributed by atoms with Gasteiger partial charge in [0.1, 0.15) is 0 Å². The van der Waals surface area contributed by atoms with Gasteiger partial charge in [0.2, 0.25) is 0 Å². The molecule has 3 heteroatoms. The van der Waals surface area contributed by atoms with Crippen molar-refractivity contribution in [2.24, 2.45) is 29.4 Å². The molecular weight excluding hydrogens is 224 g/mol. The normalized spacial score (nSPS) is 41.6. The maximum atomic E-state index is 5.70. The minimum atomic E-state index is 0.478. The number of nitrogens with zero attached hydrogens (tertiary/aromatic N) is 1. The Morgan fingerprint density at radius 2 is 1.72 bits per heavy atom. The fourth-order valence-corrected chi connectivity index (χ4v) is 5.26. The topological polar surface area (TPSA) is 52.0 Å². The summed E-state index contributed by atoms with van der Waals surface area (Å²) in [7, 11) is 0. The van der Waals surface area contributed by atoms with Crippen LogP contribution in [-0.4, -0.2) is 5.16 Å². The number of nitrogens with two attached hydrogens (primary N) is 1. The van der Waals surface area contributed by atoms with E-state index in [9.17, 15) is 0 Å². The molecule has 4 bridgehead atoms. The number of hydrogen-bond donors (Lipinski definition) is 1. The summed E-state index contributed by atoms with van der Waals surface area (Å²) in [4.78, 5) is 0. The first-order valence-electron chi connectivity index (χ1n) is 7.41. The fraction of sp³-hybridized carbons (Fsp3) is 0.800. The van der Waals surface area contributed by atoms with Gasteiger partial charge in [0.25, 0.3) is 0 Å². The second-order valence-corrected chi connectivity index (χ2v) is 6.78. The predicted octanol–water partition coefficient (Wildman–Crippen LogP) is 2.98. The Morgan fingerprint density at radius 1 is 1.11 bits per heavy atom. The van der Waals surface area contributed by atoms with E-state index in [-0.39, 0.29) is 0 Å². The van der Waals surface area contributed by atoms with E-state index in [1.54, 1.807) is 0 Å². The van der Waals surface area contributed by atoms with Gasteiger partial charge in [-0.3, -0.25) is 0 Å². The van der Waals surface area contributed by atoms with Gasteiger partial charge in [-0.25, -0.2) is 0 Å². The molecule has 4 fully saturated rings. The van der Waals surface area contributed by atoms with E-state index >= 15 is 0 Å². The molecular formula is C15H22N2O. The van der Waals surface area contributed by atoms with Crippen LogP contribution in [0, 0.1) is 30.6 Å². The van der Waals surface area contributed by atoms with Crippen molar-refractivity contribution in [1.29, 1.82) is 0 Å². The van der Waals surface area contributed by atoms with Gasteiger partial charge in [0.15, 0.2) is 5.76 Å². The summed E-state index contributed by atoms with van der Waals surface area (Å²) in [6.07, 6.45) is 7.24. The van der Waals surface area contributed by atoms with Crippen molar-refractivity contribution in [3.8, 4) is 0 Å². The van der Waals surface area contributed by atoms with Crippen molar-refractivity contribution >= 4 is 0 Å². The lowest BCUT2D eigenvalue weighted by atomic mass is 9.51.